The van der Waals surface area contributed by atoms with Gasteiger partial charge in [0, 0.05) is 15.6 Å². The maximum absolute atomic E-state index is 10.2. The predicted octanol–water partition coefficient (Wildman–Crippen LogP) is 3.53. The summed E-state index contributed by atoms with van der Waals surface area (Å²) < 4.78 is 0.958. The number of aryl methyl sites for hydroxylation is 1. The van der Waals surface area contributed by atoms with Gasteiger partial charge >= 0.3 is 0 Å². The quantitative estimate of drug-likeness (QED) is 0.866. The Morgan fingerprint density at radius 3 is 2.62 bits per heavy atom. The summed E-state index contributed by atoms with van der Waals surface area (Å²) >= 11 is 3.49. The summed E-state index contributed by atoms with van der Waals surface area (Å²) in [6.45, 7) is 5.53. The number of aromatic nitrogens is 1. The first-order valence-electron chi connectivity index (χ1n) is 5.18. The number of para-hydroxylation sites is 1. The molecule has 0 radical (unpaired) electrons. The lowest BCUT2D eigenvalue weighted by Gasteiger charge is -2.20. The molecular formula is C13H14BrNO. The summed E-state index contributed by atoms with van der Waals surface area (Å²) in [6, 6.07) is 7.84. The van der Waals surface area contributed by atoms with Crippen LogP contribution in [0.15, 0.2) is 28.7 Å². The molecule has 0 aliphatic rings. The van der Waals surface area contributed by atoms with Crippen LogP contribution in [0, 0.1) is 6.92 Å². The van der Waals surface area contributed by atoms with E-state index in [4.69, 9.17) is 0 Å². The molecule has 1 aromatic heterocycles. The molecule has 2 aromatic rings. The largest absolute Gasteiger partial charge is 0.386 e. The monoisotopic (exact) mass is 279 g/mol. The Balaban J connectivity index is 2.89. The Labute approximate surface area is 103 Å². The van der Waals surface area contributed by atoms with Crippen molar-refractivity contribution in [1.29, 1.82) is 0 Å². The van der Waals surface area contributed by atoms with Crippen LogP contribution in [0.3, 0.4) is 0 Å². The first-order valence-corrected chi connectivity index (χ1v) is 5.97. The maximum atomic E-state index is 10.2. The number of benzene rings is 1. The number of rotatable bonds is 1. The smallest absolute Gasteiger partial charge is 0.0850 e. The van der Waals surface area contributed by atoms with Gasteiger partial charge in [0.2, 0.25) is 0 Å². The molecule has 0 atom stereocenters. The normalized spacial score (nSPS) is 12.1. The molecule has 0 aliphatic heterocycles. The average molecular weight is 280 g/mol. The van der Waals surface area contributed by atoms with Crippen LogP contribution in [0.5, 0.6) is 0 Å². The Kier molecular flexibility index (Phi) is 2.76. The Hall–Kier alpha value is -0.930. The zero-order chi connectivity index (χ0) is 11.9. The molecule has 0 bridgehead atoms. The molecule has 1 heterocycles. The molecule has 0 aliphatic carbocycles. The summed E-state index contributed by atoms with van der Waals surface area (Å²) in [5, 5.41) is 11.2. The lowest BCUT2D eigenvalue weighted by Crippen LogP contribution is -2.16. The molecule has 1 N–H and O–H groups in total. The lowest BCUT2D eigenvalue weighted by molar-refractivity contribution is 0.0800. The van der Waals surface area contributed by atoms with E-state index >= 15 is 0 Å². The average Bonchev–Trinajstić information content (AvgIpc) is 2.17. The third-order valence-corrected chi connectivity index (χ3v) is 3.22. The summed E-state index contributed by atoms with van der Waals surface area (Å²) in [6.07, 6.45) is 0. The fraction of sp³-hybridized carbons (Fsp3) is 0.308. The second-order valence-electron chi connectivity index (χ2n) is 4.51. The van der Waals surface area contributed by atoms with Gasteiger partial charge in [-0.05, 0) is 54.4 Å². The highest BCUT2D eigenvalue weighted by Crippen LogP contribution is 2.31. The first kappa shape index (κ1) is 11.6. The second-order valence-corrected chi connectivity index (χ2v) is 5.36. The van der Waals surface area contributed by atoms with Crippen molar-refractivity contribution >= 4 is 26.8 Å². The van der Waals surface area contributed by atoms with Crippen molar-refractivity contribution < 1.29 is 5.11 Å². The van der Waals surface area contributed by atoms with Gasteiger partial charge in [-0.1, -0.05) is 12.1 Å². The van der Waals surface area contributed by atoms with E-state index in [2.05, 4.69) is 20.9 Å². The molecule has 84 valence electrons. The highest BCUT2D eigenvalue weighted by Gasteiger charge is 2.20. The molecule has 0 unspecified atom stereocenters. The lowest BCUT2D eigenvalue weighted by atomic mass is 9.94. The van der Waals surface area contributed by atoms with Gasteiger partial charge < -0.3 is 5.11 Å². The van der Waals surface area contributed by atoms with E-state index in [9.17, 15) is 5.11 Å². The fourth-order valence-corrected chi connectivity index (χ4v) is 2.30. The number of fused-ring (bicyclic) bond motifs is 1. The van der Waals surface area contributed by atoms with Crippen LogP contribution in [-0.4, -0.2) is 10.1 Å². The first-order chi connectivity index (χ1) is 7.39. The van der Waals surface area contributed by atoms with Gasteiger partial charge in [-0.25, -0.2) is 0 Å². The van der Waals surface area contributed by atoms with Crippen molar-refractivity contribution in [3.05, 3.63) is 40.0 Å². The molecular weight excluding hydrogens is 266 g/mol. The molecule has 0 saturated heterocycles. The molecule has 0 amide bonds. The number of hydrogen-bond donors (Lipinski definition) is 1. The Morgan fingerprint density at radius 2 is 2.00 bits per heavy atom. The Bertz CT molecular complexity index is 543. The maximum Gasteiger partial charge on any atom is 0.0850 e. The predicted molar refractivity (Wildman–Crippen MR) is 69.4 cm³/mol. The van der Waals surface area contributed by atoms with E-state index in [-0.39, 0.29) is 0 Å². The van der Waals surface area contributed by atoms with Crippen molar-refractivity contribution in [1.82, 2.24) is 4.98 Å². The van der Waals surface area contributed by atoms with Gasteiger partial charge in [0.15, 0.2) is 0 Å². The second kappa shape index (κ2) is 3.82. The van der Waals surface area contributed by atoms with Crippen LogP contribution in [0.25, 0.3) is 10.9 Å². The molecule has 2 nitrogen and oxygen atoms in total. The number of hydrogen-bond acceptors (Lipinski definition) is 2. The highest BCUT2D eigenvalue weighted by molar-refractivity contribution is 9.10. The van der Waals surface area contributed by atoms with E-state index in [0.29, 0.717) is 0 Å². The minimum Gasteiger partial charge on any atom is -0.386 e. The van der Waals surface area contributed by atoms with Crippen LogP contribution >= 0.6 is 15.9 Å². The van der Waals surface area contributed by atoms with E-state index < -0.39 is 5.60 Å². The van der Waals surface area contributed by atoms with E-state index in [1.54, 1.807) is 13.8 Å². The topological polar surface area (TPSA) is 33.1 Å². The van der Waals surface area contributed by atoms with Crippen LogP contribution in [-0.2, 0) is 5.60 Å². The van der Waals surface area contributed by atoms with Crippen molar-refractivity contribution in [2.24, 2.45) is 0 Å². The van der Waals surface area contributed by atoms with Gasteiger partial charge in [0.25, 0.3) is 0 Å². The SMILES string of the molecule is Cc1cc(C(C)(C)O)c2cccc(Br)c2n1. The van der Waals surface area contributed by atoms with Gasteiger partial charge in [-0.3, -0.25) is 4.98 Å². The zero-order valence-electron chi connectivity index (χ0n) is 9.58. The van der Waals surface area contributed by atoms with Crippen molar-refractivity contribution in [2.75, 3.05) is 0 Å². The molecule has 1 aromatic carbocycles. The van der Waals surface area contributed by atoms with Crippen molar-refractivity contribution in [2.45, 2.75) is 26.4 Å². The third-order valence-electron chi connectivity index (χ3n) is 2.58. The number of pyridine rings is 1. The minimum absolute atomic E-state index is 0.854. The van der Waals surface area contributed by atoms with E-state index in [1.807, 2.05) is 31.2 Å². The molecule has 2 rings (SSSR count). The van der Waals surface area contributed by atoms with Crippen molar-refractivity contribution in [3.63, 3.8) is 0 Å². The third kappa shape index (κ3) is 1.97. The van der Waals surface area contributed by atoms with Gasteiger partial charge in [0.1, 0.15) is 0 Å². The molecule has 16 heavy (non-hydrogen) atoms. The van der Waals surface area contributed by atoms with Crippen LogP contribution in [0.2, 0.25) is 0 Å². The summed E-state index contributed by atoms with van der Waals surface area (Å²) in [5.41, 5.74) is 1.87. The Morgan fingerprint density at radius 1 is 1.31 bits per heavy atom. The standard InChI is InChI=1S/C13H14BrNO/c1-8-7-10(13(2,3)16)9-5-4-6-11(14)12(9)15-8/h4-7,16H,1-3H3. The van der Waals surface area contributed by atoms with Crippen LogP contribution in [0.1, 0.15) is 25.1 Å². The summed E-state index contributed by atoms with van der Waals surface area (Å²) in [5.74, 6) is 0. The number of halogens is 1. The highest BCUT2D eigenvalue weighted by atomic mass is 79.9. The summed E-state index contributed by atoms with van der Waals surface area (Å²) in [4.78, 5) is 4.49. The molecule has 3 heteroatoms. The zero-order valence-corrected chi connectivity index (χ0v) is 11.2. The van der Waals surface area contributed by atoms with E-state index in [1.165, 1.54) is 0 Å². The van der Waals surface area contributed by atoms with Gasteiger partial charge in [0.05, 0.1) is 11.1 Å². The van der Waals surface area contributed by atoms with Crippen LogP contribution < -0.4 is 0 Å². The molecule has 0 saturated carbocycles. The van der Waals surface area contributed by atoms with Gasteiger partial charge in [-0.2, -0.15) is 0 Å². The minimum atomic E-state index is -0.854. The number of aliphatic hydroxyl groups is 1. The van der Waals surface area contributed by atoms with E-state index in [0.717, 1.165) is 26.6 Å². The summed E-state index contributed by atoms with van der Waals surface area (Å²) in [7, 11) is 0. The van der Waals surface area contributed by atoms with Gasteiger partial charge in [-0.15, -0.1) is 0 Å². The van der Waals surface area contributed by atoms with Crippen LogP contribution in [0.4, 0.5) is 0 Å². The molecule has 0 fully saturated rings. The van der Waals surface area contributed by atoms with Crippen molar-refractivity contribution in [3.8, 4) is 0 Å². The fourth-order valence-electron chi connectivity index (χ4n) is 1.85. The number of nitrogens with zero attached hydrogens (tertiary/aromatic N) is 1. The molecule has 0 spiro atoms.